The van der Waals surface area contributed by atoms with Crippen LogP contribution in [0.4, 0.5) is 5.69 Å². The largest absolute Gasteiger partial charge is 0.212 e. The van der Waals surface area contributed by atoms with Crippen LogP contribution >= 0.6 is 7.92 Å². The molecule has 1 aliphatic heterocycles. The van der Waals surface area contributed by atoms with E-state index in [1.165, 1.54) is 28.8 Å². The molecule has 0 fully saturated rings. The quantitative estimate of drug-likeness (QED) is 0.279. The third-order valence-electron chi connectivity index (χ3n) is 8.01. The van der Waals surface area contributed by atoms with Crippen LogP contribution in [0.15, 0.2) is 30.3 Å². The number of nitrogens with zero attached hydrogens (tertiary/aromatic N) is 1. The number of para-hydroxylation sites is 1. The molecule has 1 aliphatic rings. The van der Waals surface area contributed by atoms with Gasteiger partial charge in [0.05, 0.1) is 0 Å². The van der Waals surface area contributed by atoms with Crippen LogP contribution in [0, 0.1) is 0 Å². The molecule has 2 atom stereocenters. The smallest absolute Gasteiger partial charge is 0.198 e. The second kappa shape index (κ2) is 10.6. The Morgan fingerprint density at radius 1 is 0.757 bits per heavy atom. The van der Waals surface area contributed by atoms with Crippen LogP contribution in [0.2, 0.25) is 0 Å². The second-order valence-electron chi connectivity index (χ2n) is 15.1. The molecule has 0 saturated heterocycles. The molecule has 0 amide bonds. The van der Waals surface area contributed by atoms with Gasteiger partial charge >= 0.3 is 0 Å². The van der Waals surface area contributed by atoms with Gasteiger partial charge in [-0.2, -0.15) is 4.58 Å². The summed E-state index contributed by atoms with van der Waals surface area (Å²) in [5, 5.41) is 1.65. The van der Waals surface area contributed by atoms with Crippen LogP contribution in [0.5, 0.6) is 0 Å². The molecule has 37 heavy (non-hydrogen) atoms. The van der Waals surface area contributed by atoms with Crippen LogP contribution < -0.4 is 5.30 Å². The summed E-state index contributed by atoms with van der Waals surface area (Å²) in [5.41, 5.74) is 10.0. The Hall–Kier alpha value is -1.46. The summed E-state index contributed by atoms with van der Waals surface area (Å²) in [6, 6.07) is 12.1. The van der Waals surface area contributed by atoms with Crippen molar-refractivity contribution in [3.63, 3.8) is 0 Å². The van der Waals surface area contributed by atoms with Crippen LogP contribution in [0.3, 0.4) is 0 Å². The van der Waals surface area contributed by atoms with Gasteiger partial charge in [0, 0.05) is 25.5 Å². The minimum absolute atomic E-state index is 0.0910. The molecule has 2 aromatic rings. The lowest BCUT2D eigenvalue weighted by Gasteiger charge is -2.37. The highest BCUT2D eigenvalue weighted by molar-refractivity contribution is 7.80. The van der Waals surface area contributed by atoms with E-state index in [1.54, 1.807) is 16.4 Å². The standard InChI is InChI=1S/C35H55NP/c1-23(2)27-16-15-17-28(24(3)4)31(27)36-19-18-25(5)37(22-36)32-29(34(9,10)11)20-26(33(6,7)8)21-30(32)35(12,13)14/h15-17,20-25H,18-19H2,1-14H3/q+1. The van der Waals surface area contributed by atoms with Crippen LogP contribution in [0.1, 0.15) is 143 Å². The van der Waals surface area contributed by atoms with E-state index in [2.05, 4.69) is 138 Å². The Bertz CT molecular complexity index is 1080. The van der Waals surface area contributed by atoms with E-state index in [1.807, 2.05) is 0 Å². The monoisotopic (exact) mass is 520 g/mol. The summed E-state index contributed by atoms with van der Waals surface area (Å²) in [7, 11) is -0.472. The first kappa shape index (κ1) is 30.1. The SMILES string of the molecule is CC(C)c1cccc(C(C)C)c1[N+]1=CP(c2c(C(C)(C)C)cc(C(C)(C)C)cc2C(C)(C)C)C(C)CC1. The van der Waals surface area contributed by atoms with Crippen molar-refractivity contribution in [3.8, 4) is 0 Å². The zero-order valence-corrected chi connectivity index (χ0v) is 27.4. The van der Waals surface area contributed by atoms with E-state index in [9.17, 15) is 0 Å². The Balaban J connectivity index is 2.40. The highest BCUT2D eigenvalue weighted by Gasteiger charge is 2.38. The van der Waals surface area contributed by atoms with Crippen molar-refractivity contribution < 1.29 is 4.58 Å². The number of hydrogen-bond donors (Lipinski definition) is 0. The molecule has 2 unspecified atom stereocenters. The van der Waals surface area contributed by atoms with Gasteiger partial charge < -0.3 is 0 Å². The maximum Gasteiger partial charge on any atom is 0.212 e. The lowest BCUT2D eigenvalue weighted by molar-refractivity contribution is -0.436. The molecule has 0 radical (unpaired) electrons. The summed E-state index contributed by atoms with van der Waals surface area (Å²) in [5.74, 6) is 3.70. The highest BCUT2D eigenvalue weighted by atomic mass is 31.1. The molecular weight excluding hydrogens is 465 g/mol. The summed E-state index contributed by atoms with van der Waals surface area (Å²) < 4.78 is 2.67. The molecule has 0 aliphatic carbocycles. The molecule has 0 spiro atoms. The van der Waals surface area contributed by atoms with E-state index >= 15 is 0 Å². The molecule has 2 heteroatoms. The Labute approximate surface area is 230 Å². The Morgan fingerprint density at radius 2 is 1.22 bits per heavy atom. The molecule has 0 bridgehead atoms. The van der Waals surface area contributed by atoms with Gasteiger partial charge in [0.15, 0.2) is 5.96 Å². The fourth-order valence-corrected chi connectivity index (χ4v) is 8.63. The van der Waals surface area contributed by atoms with Crippen LogP contribution in [-0.2, 0) is 16.2 Å². The van der Waals surface area contributed by atoms with Crippen molar-refractivity contribution in [1.29, 1.82) is 0 Å². The van der Waals surface area contributed by atoms with Gasteiger partial charge in [0.1, 0.15) is 6.54 Å². The van der Waals surface area contributed by atoms with Crippen molar-refractivity contribution in [3.05, 3.63) is 58.1 Å². The minimum atomic E-state index is -0.472. The molecule has 1 heterocycles. The molecule has 1 nitrogen and oxygen atoms in total. The highest BCUT2D eigenvalue weighted by Crippen LogP contribution is 2.49. The van der Waals surface area contributed by atoms with E-state index < -0.39 is 7.92 Å². The lowest BCUT2D eigenvalue weighted by Crippen LogP contribution is -2.36. The minimum Gasteiger partial charge on any atom is -0.198 e. The number of rotatable bonds is 4. The maximum absolute atomic E-state index is 2.69. The third kappa shape index (κ3) is 6.41. The Morgan fingerprint density at radius 3 is 1.59 bits per heavy atom. The molecule has 3 rings (SSSR count). The van der Waals surface area contributed by atoms with Crippen molar-refractivity contribution in [2.45, 2.75) is 137 Å². The van der Waals surface area contributed by atoms with Gasteiger partial charge in [-0.15, -0.1) is 0 Å². The van der Waals surface area contributed by atoms with Gasteiger partial charge in [0.2, 0.25) is 5.69 Å². The maximum atomic E-state index is 2.69. The van der Waals surface area contributed by atoms with Gasteiger partial charge in [-0.3, -0.25) is 0 Å². The van der Waals surface area contributed by atoms with Gasteiger partial charge in [-0.05, 0) is 55.7 Å². The predicted molar refractivity (Wildman–Crippen MR) is 169 cm³/mol. The van der Waals surface area contributed by atoms with Crippen molar-refractivity contribution in [2.24, 2.45) is 0 Å². The fourth-order valence-electron chi connectivity index (χ4n) is 5.57. The van der Waals surface area contributed by atoms with Gasteiger partial charge in [-0.1, -0.05) is 127 Å². The fraction of sp³-hybridized carbons (Fsp3) is 0.629. The molecule has 204 valence electrons. The number of hydrogen-bond acceptors (Lipinski definition) is 0. The molecule has 0 N–H and O–H groups in total. The normalized spacial score (nSPS) is 19.5. The first-order valence-electron chi connectivity index (χ1n) is 14.6. The van der Waals surface area contributed by atoms with Crippen molar-refractivity contribution >= 4 is 24.9 Å². The van der Waals surface area contributed by atoms with E-state index in [-0.39, 0.29) is 16.2 Å². The van der Waals surface area contributed by atoms with Gasteiger partial charge in [-0.25, -0.2) is 0 Å². The summed E-state index contributed by atoms with van der Waals surface area (Å²) in [6.07, 6.45) is 1.24. The van der Waals surface area contributed by atoms with E-state index in [0.717, 1.165) is 6.54 Å². The van der Waals surface area contributed by atoms with E-state index in [4.69, 9.17) is 0 Å². The van der Waals surface area contributed by atoms with Crippen molar-refractivity contribution in [1.82, 2.24) is 0 Å². The molecular formula is C35H55NP+. The predicted octanol–water partition coefficient (Wildman–Crippen LogP) is 10.1. The lowest BCUT2D eigenvalue weighted by atomic mass is 9.75. The summed E-state index contributed by atoms with van der Waals surface area (Å²) in [6.45, 7) is 34.6. The molecule has 0 saturated carbocycles. The first-order valence-corrected chi connectivity index (χ1v) is 16.0. The van der Waals surface area contributed by atoms with Crippen LogP contribution in [-0.4, -0.2) is 22.7 Å². The zero-order chi connectivity index (χ0) is 28.1. The first-order chi connectivity index (χ1) is 16.8. The third-order valence-corrected chi connectivity index (χ3v) is 10.7. The zero-order valence-electron chi connectivity index (χ0n) is 26.5. The summed E-state index contributed by atoms with van der Waals surface area (Å²) in [4.78, 5) is 0. The van der Waals surface area contributed by atoms with Gasteiger partial charge in [0.25, 0.3) is 0 Å². The summed E-state index contributed by atoms with van der Waals surface area (Å²) >= 11 is 0. The average Bonchev–Trinajstić information content (AvgIpc) is 2.76. The van der Waals surface area contributed by atoms with E-state index in [0.29, 0.717) is 17.5 Å². The average molecular weight is 521 g/mol. The Kier molecular flexibility index (Phi) is 8.62. The van der Waals surface area contributed by atoms with Crippen molar-refractivity contribution in [2.75, 3.05) is 6.54 Å². The second-order valence-corrected chi connectivity index (χ2v) is 17.5. The topological polar surface area (TPSA) is 3.01 Å². The molecule has 0 aromatic heterocycles. The number of benzene rings is 2. The molecule has 2 aromatic carbocycles. The van der Waals surface area contributed by atoms with Crippen LogP contribution in [0.25, 0.3) is 0 Å².